The lowest BCUT2D eigenvalue weighted by atomic mass is 10.1. The molecule has 2 heterocycles. The third-order valence-electron chi connectivity index (χ3n) is 2.39. The van der Waals surface area contributed by atoms with Gasteiger partial charge in [-0.05, 0) is 6.08 Å². The standard InChI is InChI=1S/C10H11NO5S/c1-6(12)15-5-16-10(14)7-2-3-17-9-4-8(13)11(7)9/h2,9H,3-5H2,1H3/t9-/m1/s1. The fourth-order valence-corrected chi connectivity index (χ4v) is 2.69. The fourth-order valence-electron chi connectivity index (χ4n) is 1.57. The molecule has 92 valence electrons. The minimum atomic E-state index is -0.635. The molecule has 0 aliphatic carbocycles. The summed E-state index contributed by atoms with van der Waals surface area (Å²) in [7, 11) is 0. The van der Waals surface area contributed by atoms with E-state index in [-0.39, 0.29) is 17.0 Å². The number of ether oxygens (including phenoxy) is 2. The Morgan fingerprint density at radius 2 is 2.29 bits per heavy atom. The van der Waals surface area contributed by atoms with E-state index in [4.69, 9.17) is 4.74 Å². The highest BCUT2D eigenvalue weighted by Gasteiger charge is 2.43. The number of amides is 1. The highest BCUT2D eigenvalue weighted by Crippen LogP contribution is 2.37. The van der Waals surface area contributed by atoms with Crippen LogP contribution in [0.1, 0.15) is 13.3 Å². The summed E-state index contributed by atoms with van der Waals surface area (Å²) in [5.41, 5.74) is 0.247. The lowest BCUT2D eigenvalue weighted by molar-refractivity contribution is -0.166. The first-order chi connectivity index (χ1) is 8.09. The average Bonchev–Trinajstić information content (AvgIpc) is 2.26. The Bertz CT molecular complexity index is 406. The van der Waals surface area contributed by atoms with Crippen LogP contribution in [0.25, 0.3) is 0 Å². The lowest BCUT2D eigenvalue weighted by Gasteiger charge is -2.42. The molecular formula is C10H11NO5S. The van der Waals surface area contributed by atoms with Crippen LogP contribution in [-0.4, -0.2) is 40.7 Å². The predicted molar refractivity (Wildman–Crippen MR) is 58.5 cm³/mol. The highest BCUT2D eigenvalue weighted by molar-refractivity contribution is 8.00. The Hall–Kier alpha value is -1.50. The molecule has 0 radical (unpaired) electrons. The van der Waals surface area contributed by atoms with Gasteiger partial charge in [-0.3, -0.25) is 14.5 Å². The van der Waals surface area contributed by atoms with E-state index in [0.717, 1.165) is 0 Å². The topological polar surface area (TPSA) is 72.9 Å². The van der Waals surface area contributed by atoms with Gasteiger partial charge in [-0.1, -0.05) is 0 Å². The summed E-state index contributed by atoms with van der Waals surface area (Å²) in [4.78, 5) is 34.9. The van der Waals surface area contributed by atoms with E-state index >= 15 is 0 Å². The maximum atomic E-state index is 11.6. The molecule has 0 bridgehead atoms. The van der Waals surface area contributed by atoms with Crippen LogP contribution in [0.2, 0.25) is 0 Å². The summed E-state index contributed by atoms with van der Waals surface area (Å²) in [5, 5.41) is 0.0452. The first-order valence-corrected chi connectivity index (χ1v) is 6.09. The summed E-state index contributed by atoms with van der Waals surface area (Å²) in [5.74, 6) is -0.571. The molecule has 1 amide bonds. The first kappa shape index (κ1) is 12.0. The Kier molecular flexibility index (Phi) is 3.37. The number of esters is 2. The number of nitrogens with zero attached hydrogens (tertiary/aromatic N) is 1. The predicted octanol–water partition coefficient (Wildman–Crippen LogP) is 0.239. The lowest BCUT2D eigenvalue weighted by Crippen LogP contribution is -2.53. The van der Waals surface area contributed by atoms with Gasteiger partial charge in [0.15, 0.2) is 0 Å². The van der Waals surface area contributed by atoms with Crippen molar-refractivity contribution < 1.29 is 23.9 Å². The van der Waals surface area contributed by atoms with Gasteiger partial charge in [-0.25, -0.2) is 4.79 Å². The van der Waals surface area contributed by atoms with Crippen molar-refractivity contribution in [3.05, 3.63) is 11.8 Å². The zero-order valence-electron chi connectivity index (χ0n) is 9.17. The summed E-state index contributed by atoms with van der Waals surface area (Å²) < 4.78 is 9.23. The van der Waals surface area contributed by atoms with Crippen molar-refractivity contribution in [2.24, 2.45) is 0 Å². The van der Waals surface area contributed by atoms with E-state index in [1.165, 1.54) is 11.8 Å². The maximum absolute atomic E-state index is 11.6. The first-order valence-electron chi connectivity index (χ1n) is 5.04. The van der Waals surface area contributed by atoms with E-state index in [1.807, 2.05) is 0 Å². The van der Waals surface area contributed by atoms with Gasteiger partial charge in [-0.2, -0.15) is 0 Å². The van der Waals surface area contributed by atoms with Crippen molar-refractivity contribution in [1.82, 2.24) is 4.90 Å². The van der Waals surface area contributed by atoms with Crippen molar-refractivity contribution in [2.75, 3.05) is 12.5 Å². The summed E-state index contributed by atoms with van der Waals surface area (Å²) >= 11 is 1.60. The van der Waals surface area contributed by atoms with Gasteiger partial charge in [0.25, 0.3) is 0 Å². The maximum Gasteiger partial charge on any atom is 0.357 e. The van der Waals surface area contributed by atoms with Crippen LogP contribution >= 0.6 is 11.8 Å². The molecule has 2 aliphatic heterocycles. The second kappa shape index (κ2) is 4.79. The van der Waals surface area contributed by atoms with Crippen molar-refractivity contribution in [1.29, 1.82) is 0 Å². The number of hydrogen-bond donors (Lipinski definition) is 0. The number of fused-ring (bicyclic) bond motifs is 1. The van der Waals surface area contributed by atoms with Gasteiger partial charge >= 0.3 is 11.9 Å². The number of thioether (sulfide) groups is 1. The van der Waals surface area contributed by atoms with E-state index in [1.54, 1.807) is 17.8 Å². The van der Waals surface area contributed by atoms with Gasteiger partial charge in [0, 0.05) is 12.7 Å². The summed E-state index contributed by atoms with van der Waals surface area (Å²) in [6, 6.07) is 0. The molecule has 2 aliphatic rings. The second-order valence-corrected chi connectivity index (χ2v) is 4.74. The zero-order valence-corrected chi connectivity index (χ0v) is 9.99. The molecule has 0 N–H and O–H groups in total. The molecule has 0 aromatic carbocycles. The molecule has 7 heteroatoms. The van der Waals surface area contributed by atoms with E-state index < -0.39 is 18.7 Å². The monoisotopic (exact) mass is 257 g/mol. The Morgan fingerprint density at radius 1 is 1.53 bits per heavy atom. The summed E-state index contributed by atoms with van der Waals surface area (Å²) in [6.07, 6.45) is 2.10. The van der Waals surface area contributed by atoms with Gasteiger partial charge in [0.2, 0.25) is 12.7 Å². The molecule has 1 fully saturated rings. The van der Waals surface area contributed by atoms with Crippen LogP contribution in [0.5, 0.6) is 0 Å². The van der Waals surface area contributed by atoms with Crippen molar-refractivity contribution >= 4 is 29.6 Å². The molecule has 1 atom stereocenters. The Morgan fingerprint density at radius 3 is 2.94 bits per heavy atom. The van der Waals surface area contributed by atoms with Gasteiger partial charge in [0.1, 0.15) is 5.70 Å². The van der Waals surface area contributed by atoms with Crippen molar-refractivity contribution in [3.8, 4) is 0 Å². The Balaban J connectivity index is 1.92. The van der Waals surface area contributed by atoms with E-state index in [2.05, 4.69) is 4.74 Å². The fraction of sp³-hybridized carbons (Fsp3) is 0.500. The number of carbonyl (C=O) groups excluding carboxylic acids is 3. The molecule has 2 rings (SSSR count). The molecule has 1 saturated heterocycles. The van der Waals surface area contributed by atoms with E-state index in [0.29, 0.717) is 12.2 Å². The van der Waals surface area contributed by atoms with Crippen LogP contribution in [-0.2, 0) is 23.9 Å². The van der Waals surface area contributed by atoms with Crippen molar-refractivity contribution in [3.63, 3.8) is 0 Å². The molecule has 0 aromatic rings. The van der Waals surface area contributed by atoms with Gasteiger partial charge in [-0.15, -0.1) is 11.8 Å². The molecule has 6 nitrogen and oxygen atoms in total. The second-order valence-electron chi connectivity index (χ2n) is 3.53. The number of rotatable bonds is 3. The van der Waals surface area contributed by atoms with Crippen LogP contribution in [0, 0.1) is 0 Å². The molecule has 0 saturated carbocycles. The minimum Gasteiger partial charge on any atom is -0.428 e. The Labute approximate surface area is 102 Å². The van der Waals surface area contributed by atoms with Crippen LogP contribution in [0.15, 0.2) is 11.8 Å². The number of hydrogen-bond acceptors (Lipinski definition) is 6. The molecule has 0 spiro atoms. The molecule has 17 heavy (non-hydrogen) atoms. The SMILES string of the molecule is CC(=O)OCOC(=O)C1=CCS[C@@H]2CC(=O)N12. The smallest absolute Gasteiger partial charge is 0.357 e. The molecule has 0 unspecified atom stereocenters. The molecule has 0 aromatic heterocycles. The van der Waals surface area contributed by atoms with Crippen LogP contribution < -0.4 is 0 Å². The highest BCUT2D eigenvalue weighted by atomic mass is 32.2. The molecular weight excluding hydrogens is 246 g/mol. The average molecular weight is 257 g/mol. The quantitative estimate of drug-likeness (QED) is 0.409. The van der Waals surface area contributed by atoms with Gasteiger partial charge in [0.05, 0.1) is 11.8 Å². The zero-order chi connectivity index (χ0) is 12.4. The summed E-state index contributed by atoms with van der Waals surface area (Å²) in [6.45, 7) is 0.796. The van der Waals surface area contributed by atoms with Crippen LogP contribution in [0.3, 0.4) is 0 Å². The number of β-lactam (4-membered cyclic amide) rings is 1. The van der Waals surface area contributed by atoms with Gasteiger partial charge < -0.3 is 9.47 Å². The normalized spacial score (nSPS) is 22.2. The third kappa shape index (κ3) is 2.44. The minimum absolute atomic E-state index is 0.0452. The van der Waals surface area contributed by atoms with Crippen molar-refractivity contribution in [2.45, 2.75) is 18.7 Å². The number of carbonyl (C=O) groups is 3. The van der Waals surface area contributed by atoms with E-state index in [9.17, 15) is 14.4 Å². The largest absolute Gasteiger partial charge is 0.428 e. The third-order valence-corrected chi connectivity index (χ3v) is 3.51. The van der Waals surface area contributed by atoms with Crippen LogP contribution in [0.4, 0.5) is 0 Å².